The molecule has 0 saturated heterocycles. The first-order valence-corrected chi connectivity index (χ1v) is 5.47. The van der Waals surface area contributed by atoms with E-state index in [1.165, 1.54) is 0 Å². The lowest BCUT2D eigenvalue weighted by molar-refractivity contribution is 0.401. The predicted octanol–water partition coefficient (Wildman–Crippen LogP) is 2.44. The topological polar surface area (TPSA) is 55.5 Å². The minimum absolute atomic E-state index is 0.175. The molecule has 3 nitrogen and oxygen atoms in total. The van der Waals surface area contributed by atoms with Crippen LogP contribution in [0.1, 0.15) is 19.4 Å². The first kappa shape index (κ1) is 12.3. The first-order valence-electron chi connectivity index (χ1n) is 4.68. The predicted molar refractivity (Wildman–Crippen MR) is 64.3 cm³/mol. The van der Waals surface area contributed by atoms with Crippen LogP contribution in [0.15, 0.2) is 16.6 Å². The zero-order valence-corrected chi connectivity index (χ0v) is 10.8. The Morgan fingerprint density at radius 1 is 1.47 bits per heavy atom. The van der Waals surface area contributed by atoms with Gasteiger partial charge in [-0.3, -0.25) is 0 Å². The fraction of sp³-hybridized carbons (Fsp3) is 0.455. The molecule has 0 aliphatic carbocycles. The number of phenolic OH excluding ortho intramolecular Hbond substituents is 1. The maximum Gasteiger partial charge on any atom is 0.137 e. The highest BCUT2D eigenvalue weighted by Crippen LogP contribution is 2.35. The molecule has 0 radical (unpaired) electrons. The van der Waals surface area contributed by atoms with Gasteiger partial charge >= 0.3 is 0 Å². The molecule has 0 aliphatic rings. The Balaban J connectivity index is 3.06. The summed E-state index contributed by atoms with van der Waals surface area (Å²) in [5.74, 6) is 0.794. The first-order chi connectivity index (χ1) is 6.83. The number of methoxy groups -OCH3 is 1. The van der Waals surface area contributed by atoms with Gasteiger partial charge in [-0.25, -0.2) is 0 Å². The highest BCUT2D eigenvalue weighted by molar-refractivity contribution is 9.10. The van der Waals surface area contributed by atoms with Gasteiger partial charge in [-0.1, -0.05) is 0 Å². The average Bonchev–Trinajstić information content (AvgIpc) is 2.08. The van der Waals surface area contributed by atoms with Crippen LogP contribution in [-0.2, 0) is 6.42 Å². The maximum atomic E-state index is 9.64. The summed E-state index contributed by atoms with van der Waals surface area (Å²) in [6.45, 7) is 3.89. The second-order valence-corrected chi connectivity index (χ2v) is 5.09. The standard InChI is InChI=1S/C11H16BrNO2/c1-11(2,13)6-7-4-8(14)10(12)9(5-7)15-3/h4-5,14H,6,13H2,1-3H3. The quantitative estimate of drug-likeness (QED) is 0.890. The zero-order valence-electron chi connectivity index (χ0n) is 9.17. The van der Waals surface area contributed by atoms with E-state index in [9.17, 15) is 5.11 Å². The molecule has 0 saturated carbocycles. The molecule has 1 aromatic rings. The molecule has 0 unspecified atom stereocenters. The molecule has 0 heterocycles. The Hall–Kier alpha value is -0.740. The van der Waals surface area contributed by atoms with Gasteiger partial charge in [0.25, 0.3) is 0 Å². The van der Waals surface area contributed by atoms with Gasteiger partial charge < -0.3 is 15.6 Å². The van der Waals surface area contributed by atoms with Crippen molar-refractivity contribution in [1.82, 2.24) is 0 Å². The number of halogens is 1. The van der Waals surface area contributed by atoms with E-state index >= 15 is 0 Å². The molecule has 3 N–H and O–H groups in total. The molecule has 0 fully saturated rings. The number of ether oxygens (including phenoxy) is 1. The average molecular weight is 274 g/mol. The van der Waals surface area contributed by atoms with Crippen molar-refractivity contribution in [1.29, 1.82) is 0 Å². The number of benzene rings is 1. The van der Waals surface area contributed by atoms with Crippen LogP contribution in [0.5, 0.6) is 11.5 Å². The van der Waals surface area contributed by atoms with Gasteiger partial charge in [-0.05, 0) is 53.9 Å². The summed E-state index contributed by atoms with van der Waals surface area (Å²) in [6.07, 6.45) is 0.685. The van der Waals surface area contributed by atoms with Crippen molar-refractivity contribution in [3.8, 4) is 11.5 Å². The van der Waals surface area contributed by atoms with Crippen LogP contribution >= 0.6 is 15.9 Å². The van der Waals surface area contributed by atoms with Crippen LogP contribution in [-0.4, -0.2) is 17.8 Å². The van der Waals surface area contributed by atoms with Crippen molar-refractivity contribution in [2.45, 2.75) is 25.8 Å². The van der Waals surface area contributed by atoms with Gasteiger partial charge in [0.2, 0.25) is 0 Å². The molecule has 0 amide bonds. The van der Waals surface area contributed by atoms with Crippen LogP contribution in [0.25, 0.3) is 0 Å². The van der Waals surface area contributed by atoms with E-state index in [0.717, 1.165) is 5.56 Å². The van der Waals surface area contributed by atoms with Crippen molar-refractivity contribution < 1.29 is 9.84 Å². The Morgan fingerprint density at radius 2 is 2.07 bits per heavy atom. The fourth-order valence-corrected chi connectivity index (χ4v) is 1.81. The molecular weight excluding hydrogens is 258 g/mol. The lowest BCUT2D eigenvalue weighted by Crippen LogP contribution is -2.34. The summed E-state index contributed by atoms with van der Waals surface area (Å²) in [5, 5.41) is 9.64. The second kappa shape index (κ2) is 4.41. The Labute approximate surface area is 98.4 Å². The van der Waals surface area contributed by atoms with Crippen LogP contribution in [0.2, 0.25) is 0 Å². The molecule has 84 valence electrons. The Kier molecular flexibility index (Phi) is 3.62. The third-order valence-corrected chi connectivity index (χ3v) is 2.76. The normalized spacial score (nSPS) is 11.5. The molecule has 1 aromatic carbocycles. The van der Waals surface area contributed by atoms with Crippen molar-refractivity contribution in [3.63, 3.8) is 0 Å². The molecule has 0 bridgehead atoms. The van der Waals surface area contributed by atoms with Gasteiger partial charge in [-0.15, -0.1) is 0 Å². The third-order valence-electron chi connectivity index (χ3n) is 1.96. The molecule has 0 aromatic heterocycles. The van der Waals surface area contributed by atoms with E-state index in [2.05, 4.69) is 15.9 Å². The van der Waals surface area contributed by atoms with Crippen LogP contribution in [0.3, 0.4) is 0 Å². The summed E-state index contributed by atoms with van der Waals surface area (Å²) >= 11 is 3.25. The number of phenols is 1. The lowest BCUT2D eigenvalue weighted by Gasteiger charge is -2.19. The summed E-state index contributed by atoms with van der Waals surface area (Å²) in [5.41, 5.74) is 6.57. The van der Waals surface area contributed by atoms with E-state index in [1.54, 1.807) is 13.2 Å². The number of hydrogen-bond donors (Lipinski definition) is 2. The molecular formula is C11H16BrNO2. The number of nitrogens with two attached hydrogens (primary N) is 1. The van der Waals surface area contributed by atoms with Crippen molar-refractivity contribution in [3.05, 3.63) is 22.2 Å². The fourth-order valence-electron chi connectivity index (χ4n) is 1.42. The second-order valence-electron chi connectivity index (χ2n) is 4.30. The summed E-state index contributed by atoms with van der Waals surface area (Å²) in [6, 6.07) is 3.57. The molecule has 0 atom stereocenters. The molecule has 0 spiro atoms. The van der Waals surface area contributed by atoms with Crippen LogP contribution in [0, 0.1) is 0 Å². The number of hydrogen-bond acceptors (Lipinski definition) is 3. The summed E-state index contributed by atoms with van der Waals surface area (Å²) in [7, 11) is 1.57. The van der Waals surface area contributed by atoms with Gasteiger partial charge in [-0.2, -0.15) is 0 Å². The smallest absolute Gasteiger partial charge is 0.137 e. The lowest BCUT2D eigenvalue weighted by atomic mass is 9.96. The number of aromatic hydroxyl groups is 1. The zero-order chi connectivity index (χ0) is 11.6. The van der Waals surface area contributed by atoms with Crippen molar-refractivity contribution >= 4 is 15.9 Å². The largest absolute Gasteiger partial charge is 0.507 e. The highest BCUT2D eigenvalue weighted by atomic mass is 79.9. The minimum atomic E-state index is -0.300. The molecule has 0 aliphatic heterocycles. The third kappa shape index (κ3) is 3.39. The number of rotatable bonds is 3. The van der Waals surface area contributed by atoms with Gasteiger partial charge in [0.15, 0.2) is 0 Å². The SMILES string of the molecule is COc1cc(CC(C)(C)N)cc(O)c1Br. The molecule has 1 rings (SSSR count). The highest BCUT2D eigenvalue weighted by Gasteiger charge is 2.15. The summed E-state index contributed by atoms with van der Waals surface area (Å²) in [4.78, 5) is 0. The van der Waals surface area contributed by atoms with E-state index in [-0.39, 0.29) is 11.3 Å². The monoisotopic (exact) mass is 273 g/mol. The van der Waals surface area contributed by atoms with E-state index < -0.39 is 0 Å². The van der Waals surface area contributed by atoms with Crippen molar-refractivity contribution in [2.75, 3.05) is 7.11 Å². The van der Waals surface area contributed by atoms with Gasteiger partial charge in [0, 0.05) is 5.54 Å². The van der Waals surface area contributed by atoms with Gasteiger partial charge in [0.1, 0.15) is 16.0 Å². The summed E-state index contributed by atoms with van der Waals surface area (Å²) < 4.78 is 5.71. The van der Waals surface area contributed by atoms with E-state index in [1.807, 2.05) is 19.9 Å². The minimum Gasteiger partial charge on any atom is -0.507 e. The van der Waals surface area contributed by atoms with Crippen LogP contribution in [0.4, 0.5) is 0 Å². The maximum absolute atomic E-state index is 9.64. The van der Waals surface area contributed by atoms with Crippen LogP contribution < -0.4 is 10.5 Å². The molecule has 4 heteroatoms. The van der Waals surface area contributed by atoms with E-state index in [0.29, 0.717) is 16.6 Å². The van der Waals surface area contributed by atoms with E-state index in [4.69, 9.17) is 10.5 Å². The van der Waals surface area contributed by atoms with Gasteiger partial charge in [0.05, 0.1) is 7.11 Å². The Morgan fingerprint density at radius 3 is 2.53 bits per heavy atom. The Bertz CT molecular complexity index is 358. The van der Waals surface area contributed by atoms with Crippen molar-refractivity contribution in [2.24, 2.45) is 5.73 Å². The molecule has 15 heavy (non-hydrogen) atoms.